The van der Waals surface area contributed by atoms with Gasteiger partial charge in [-0.15, -0.1) is 0 Å². The monoisotopic (exact) mass is 272 g/mol. The summed E-state index contributed by atoms with van der Waals surface area (Å²) in [4.78, 5) is 15.0. The second kappa shape index (κ2) is 5.57. The van der Waals surface area contributed by atoms with Gasteiger partial charge in [0, 0.05) is 17.8 Å². The molecule has 2 aliphatic rings. The number of nitrogens with zero attached hydrogens (tertiary/aromatic N) is 1. The Kier molecular flexibility index (Phi) is 3.79. The molecule has 1 aliphatic heterocycles. The van der Waals surface area contributed by atoms with Crippen LogP contribution in [0.3, 0.4) is 0 Å². The molecule has 1 saturated carbocycles. The molecule has 3 atom stereocenters. The summed E-state index contributed by atoms with van der Waals surface area (Å²) in [6, 6.07) is 8.56. The Morgan fingerprint density at radius 2 is 1.95 bits per heavy atom. The fourth-order valence-electron chi connectivity index (χ4n) is 3.72. The molecule has 1 aromatic carbocycles. The Bertz CT molecular complexity index is 500. The van der Waals surface area contributed by atoms with Crippen molar-refractivity contribution in [2.75, 3.05) is 4.90 Å². The van der Waals surface area contributed by atoms with E-state index >= 15 is 0 Å². The molecule has 3 unspecified atom stereocenters. The van der Waals surface area contributed by atoms with Crippen molar-refractivity contribution in [2.24, 2.45) is 11.7 Å². The normalized spacial score (nSPS) is 29.9. The van der Waals surface area contributed by atoms with Crippen LogP contribution in [-0.4, -0.2) is 18.0 Å². The fraction of sp³-hybridized carbons (Fsp3) is 0.588. The lowest BCUT2D eigenvalue weighted by Gasteiger charge is -2.29. The van der Waals surface area contributed by atoms with Gasteiger partial charge in [0.25, 0.3) is 0 Å². The highest BCUT2D eigenvalue weighted by molar-refractivity contribution is 5.98. The molecule has 1 heterocycles. The highest BCUT2D eigenvalue weighted by atomic mass is 16.2. The first-order valence-electron chi connectivity index (χ1n) is 7.85. The van der Waals surface area contributed by atoms with Crippen LogP contribution in [0, 0.1) is 5.92 Å². The lowest BCUT2D eigenvalue weighted by Crippen LogP contribution is -2.46. The van der Waals surface area contributed by atoms with Gasteiger partial charge in [-0.3, -0.25) is 4.79 Å². The molecule has 0 radical (unpaired) electrons. The predicted octanol–water partition coefficient (Wildman–Crippen LogP) is 2.87. The van der Waals surface area contributed by atoms with Gasteiger partial charge in [0.1, 0.15) is 0 Å². The van der Waals surface area contributed by atoms with Crippen molar-refractivity contribution in [2.45, 2.75) is 57.5 Å². The molecule has 3 nitrogen and oxygen atoms in total. The second-order valence-corrected chi connectivity index (χ2v) is 6.30. The summed E-state index contributed by atoms with van der Waals surface area (Å²) in [6.07, 6.45) is 6.41. The summed E-state index contributed by atoms with van der Waals surface area (Å²) in [5.74, 6) is 0.253. The van der Waals surface area contributed by atoms with Crippen LogP contribution in [0.25, 0.3) is 0 Å². The van der Waals surface area contributed by atoms with Crippen LogP contribution in [0.5, 0.6) is 0 Å². The predicted molar refractivity (Wildman–Crippen MR) is 81.6 cm³/mol. The summed E-state index contributed by atoms with van der Waals surface area (Å²) < 4.78 is 0. The van der Waals surface area contributed by atoms with E-state index in [4.69, 9.17) is 5.73 Å². The molecule has 20 heavy (non-hydrogen) atoms. The first-order valence-corrected chi connectivity index (χ1v) is 7.85. The molecule has 1 fully saturated rings. The van der Waals surface area contributed by atoms with Crippen molar-refractivity contribution < 1.29 is 4.79 Å². The maximum absolute atomic E-state index is 13.0. The first-order chi connectivity index (χ1) is 9.68. The maximum Gasteiger partial charge on any atom is 0.231 e. The average Bonchev–Trinajstić information content (AvgIpc) is 2.61. The number of hydrogen-bond acceptors (Lipinski definition) is 2. The quantitative estimate of drug-likeness (QED) is 0.799. The van der Waals surface area contributed by atoms with Gasteiger partial charge in [-0.25, -0.2) is 0 Å². The minimum Gasteiger partial charge on any atom is -0.327 e. The number of nitrogens with two attached hydrogens (primary N) is 1. The molecule has 1 amide bonds. The van der Waals surface area contributed by atoms with Crippen LogP contribution in [0.1, 0.15) is 44.6 Å². The van der Waals surface area contributed by atoms with Gasteiger partial charge in [0.05, 0.1) is 5.92 Å². The number of rotatable bonds is 1. The Balaban J connectivity index is 1.86. The zero-order valence-corrected chi connectivity index (χ0v) is 12.2. The SMILES string of the molecule is CC1Cc2ccccc2N1C(=O)C1CCCCCC1N. The van der Waals surface area contributed by atoms with Gasteiger partial charge >= 0.3 is 0 Å². The van der Waals surface area contributed by atoms with Crippen LogP contribution in [0.2, 0.25) is 0 Å². The number of carbonyl (C=O) groups is 1. The Hall–Kier alpha value is -1.35. The van der Waals surface area contributed by atoms with Crippen LogP contribution in [-0.2, 0) is 11.2 Å². The smallest absolute Gasteiger partial charge is 0.231 e. The minimum absolute atomic E-state index is 0.00565. The van der Waals surface area contributed by atoms with E-state index < -0.39 is 0 Å². The minimum atomic E-state index is 0.00565. The molecule has 0 aromatic heterocycles. The summed E-state index contributed by atoms with van der Waals surface area (Å²) in [7, 11) is 0. The molecule has 2 N–H and O–H groups in total. The van der Waals surface area contributed by atoms with E-state index in [0.29, 0.717) is 0 Å². The molecular weight excluding hydrogens is 248 g/mol. The van der Waals surface area contributed by atoms with Crippen LogP contribution in [0.15, 0.2) is 24.3 Å². The van der Waals surface area contributed by atoms with Gasteiger partial charge in [-0.1, -0.05) is 37.5 Å². The third-order valence-corrected chi connectivity index (χ3v) is 4.83. The standard InChI is InChI=1S/C17H24N2O/c1-12-11-13-7-5-6-10-16(13)19(12)17(20)14-8-3-2-4-9-15(14)18/h5-7,10,12,14-15H,2-4,8-9,11,18H2,1H3. The van der Waals surface area contributed by atoms with Crippen LogP contribution >= 0.6 is 0 Å². The number of amides is 1. The second-order valence-electron chi connectivity index (χ2n) is 6.30. The zero-order chi connectivity index (χ0) is 14.1. The van der Waals surface area contributed by atoms with E-state index in [2.05, 4.69) is 25.1 Å². The number of para-hydroxylation sites is 1. The van der Waals surface area contributed by atoms with Crippen molar-refractivity contribution in [3.8, 4) is 0 Å². The number of hydrogen-bond donors (Lipinski definition) is 1. The number of anilines is 1. The first kappa shape index (κ1) is 13.6. The zero-order valence-electron chi connectivity index (χ0n) is 12.2. The van der Waals surface area contributed by atoms with Gasteiger partial charge in [-0.2, -0.15) is 0 Å². The summed E-state index contributed by atoms with van der Waals surface area (Å²) in [6.45, 7) is 2.14. The molecule has 1 aromatic rings. The molecule has 0 saturated heterocycles. The molecular formula is C17H24N2O. The van der Waals surface area contributed by atoms with E-state index in [1.54, 1.807) is 0 Å². The molecule has 0 spiro atoms. The van der Waals surface area contributed by atoms with Crippen LogP contribution in [0.4, 0.5) is 5.69 Å². The third-order valence-electron chi connectivity index (χ3n) is 4.83. The van der Waals surface area contributed by atoms with E-state index in [1.165, 1.54) is 12.0 Å². The molecule has 3 heteroatoms. The van der Waals surface area contributed by atoms with Crippen molar-refractivity contribution in [3.05, 3.63) is 29.8 Å². The van der Waals surface area contributed by atoms with Gasteiger partial charge < -0.3 is 10.6 Å². The lowest BCUT2D eigenvalue weighted by molar-refractivity contribution is -0.123. The van der Waals surface area contributed by atoms with Gasteiger partial charge in [-0.05, 0) is 37.8 Å². The third kappa shape index (κ3) is 2.35. The number of fused-ring (bicyclic) bond motifs is 1. The van der Waals surface area contributed by atoms with Crippen molar-refractivity contribution >= 4 is 11.6 Å². The van der Waals surface area contributed by atoms with Gasteiger partial charge in [0.15, 0.2) is 0 Å². The Labute approximate surface area is 121 Å². The summed E-state index contributed by atoms with van der Waals surface area (Å²) in [5, 5.41) is 0. The summed E-state index contributed by atoms with van der Waals surface area (Å²) >= 11 is 0. The molecule has 0 bridgehead atoms. The topological polar surface area (TPSA) is 46.3 Å². The highest BCUT2D eigenvalue weighted by Gasteiger charge is 2.37. The van der Waals surface area contributed by atoms with Crippen molar-refractivity contribution in [1.29, 1.82) is 0 Å². The number of benzene rings is 1. The largest absolute Gasteiger partial charge is 0.327 e. The van der Waals surface area contributed by atoms with Gasteiger partial charge in [0.2, 0.25) is 5.91 Å². The summed E-state index contributed by atoms with van der Waals surface area (Å²) in [5.41, 5.74) is 8.65. The Morgan fingerprint density at radius 1 is 1.20 bits per heavy atom. The van der Waals surface area contributed by atoms with E-state index in [0.717, 1.165) is 37.8 Å². The molecule has 1 aliphatic carbocycles. The molecule has 3 rings (SSSR count). The average molecular weight is 272 g/mol. The Morgan fingerprint density at radius 3 is 2.80 bits per heavy atom. The van der Waals surface area contributed by atoms with E-state index in [9.17, 15) is 4.79 Å². The van der Waals surface area contributed by atoms with E-state index in [-0.39, 0.29) is 23.9 Å². The highest BCUT2D eigenvalue weighted by Crippen LogP contribution is 2.35. The lowest BCUT2D eigenvalue weighted by atomic mass is 9.93. The maximum atomic E-state index is 13.0. The van der Waals surface area contributed by atoms with Crippen molar-refractivity contribution in [1.82, 2.24) is 0 Å². The van der Waals surface area contributed by atoms with Crippen LogP contribution < -0.4 is 10.6 Å². The van der Waals surface area contributed by atoms with Crippen molar-refractivity contribution in [3.63, 3.8) is 0 Å². The fourth-order valence-corrected chi connectivity index (χ4v) is 3.72. The number of carbonyl (C=O) groups excluding carboxylic acids is 1. The van der Waals surface area contributed by atoms with E-state index in [1.807, 2.05) is 11.0 Å². The molecule has 108 valence electrons.